The third-order valence-corrected chi connectivity index (χ3v) is 4.89. The van der Waals surface area contributed by atoms with Crippen molar-refractivity contribution in [2.75, 3.05) is 0 Å². The summed E-state index contributed by atoms with van der Waals surface area (Å²) in [6, 6.07) is 0. The topological polar surface area (TPSA) is 74.6 Å². The molecule has 0 bridgehead atoms. The van der Waals surface area contributed by atoms with Crippen LogP contribution in [0.2, 0.25) is 0 Å². The molecule has 0 radical (unpaired) electrons. The van der Waals surface area contributed by atoms with Crippen molar-refractivity contribution in [3.63, 3.8) is 0 Å². The van der Waals surface area contributed by atoms with Crippen LogP contribution in [0.3, 0.4) is 0 Å². The minimum absolute atomic E-state index is 0.219. The van der Waals surface area contributed by atoms with Gasteiger partial charge in [-0.2, -0.15) is 0 Å². The molecule has 4 heteroatoms. The number of allylic oxidation sites excluding steroid dienone is 6. The maximum absolute atomic E-state index is 10.3. The molecule has 1 unspecified atom stereocenters. The van der Waals surface area contributed by atoms with Crippen LogP contribution >= 0.6 is 0 Å². The van der Waals surface area contributed by atoms with Crippen LogP contribution in [0.25, 0.3) is 0 Å². The predicted octanol–water partition coefficient (Wildman–Crippen LogP) is 4.97. The van der Waals surface area contributed by atoms with Crippen molar-refractivity contribution < 1.29 is 19.8 Å². The first-order valence-electron chi connectivity index (χ1n) is 8.88. The van der Waals surface area contributed by atoms with Crippen molar-refractivity contribution in [2.24, 2.45) is 11.8 Å². The minimum Gasteiger partial charge on any atom is -0.481 e. The Hall–Kier alpha value is -1.84. The standard InChI is InChI=1S/C10H18O2.C10H12O2/c2*1-8(6-7-10(11)12)9-4-2-3-5-9/h8-9H,2-7H2,1H3,(H,11,12);2-5H,6-7H2,1H3,(H,11,12). The van der Waals surface area contributed by atoms with E-state index in [0.29, 0.717) is 18.8 Å². The summed E-state index contributed by atoms with van der Waals surface area (Å²) in [6.07, 6.45) is 15.3. The van der Waals surface area contributed by atoms with Gasteiger partial charge in [0, 0.05) is 12.8 Å². The molecule has 2 aliphatic carbocycles. The van der Waals surface area contributed by atoms with E-state index in [9.17, 15) is 9.59 Å². The Kier molecular flexibility index (Phi) is 9.13. The minimum atomic E-state index is -0.735. The number of carboxylic acid groups (broad SMARTS) is 2. The molecule has 134 valence electrons. The van der Waals surface area contributed by atoms with Gasteiger partial charge in [0.2, 0.25) is 0 Å². The third-order valence-electron chi connectivity index (χ3n) is 4.89. The molecule has 1 saturated carbocycles. The van der Waals surface area contributed by atoms with Crippen LogP contribution in [-0.2, 0) is 9.59 Å². The van der Waals surface area contributed by atoms with Crippen LogP contribution in [0.15, 0.2) is 35.5 Å². The summed E-state index contributed by atoms with van der Waals surface area (Å²) in [5, 5.41) is 17.0. The highest BCUT2D eigenvalue weighted by Crippen LogP contribution is 2.33. The van der Waals surface area contributed by atoms with Gasteiger partial charge in [0.25, 0.3) is 0 Å². The van der Waals surface area contributed by atoms with Gasteiger partial charge >= 0.3 is 11.9 Å². The monoisotopic (exact) mass is 334 g/mol. The molecule has 2 rings (SSSR count). The van der Waals surface area contributed by atoms with Crippen molar-refractivity contribution in [2.45, 2.75) is 65.2 Å². The Bertz CT molecular complexity index is 494. The van der Waals surface area contributed by atoms with E-state index in [2.05, 4.69) is 6.92 Å². The van der Waals surface area contributed by atoms with Gasteiger partial charge in [0.05, 0.1) is 0 Å². The van der Waals surface area contributed by atoms with E-state index in [1.54, 1.807) is 0 Å². The molecular formula is C20H30O4. The van der Waals surface area contributed by atoms with Crippen LogP contribution in [0.1, 0.15) is 65.2 Å². The molecule has 0 saturated heterocycles. The number of hydrogen-bond donors (Lipinski definition) is 2. The third kappa shape index (κ3) is 8.14. The van der Waals surface area contributed by atoms with E-state index >= 15 is 0 Å². The van der Waals surface area contributed by atoms with E-state index in [1.807, 2.05) is 31.2 Å². The molecule has 1 atom stereocenters. The Labute approximate surface area is 145 Å². The normalized spacial score (nSPS) is 17.5. The van der Waals surface area contributed by atoms with Gasteiger partial charge in [0.1, 0.15) is 0 Å². The summed E-state index contributed by atoms with van der Waals surface area (Å²) in [6.45, 7) is 4.16. The van der Waals surface area contributed by atoms with Crippen molar-refractivity contribution in [3.05, 3.63) is 35.5 Å². The number of hydrogen-bond acceptors (Lipinski definition) is 2. The Balaban J connectivity index is 0.000000240. The number of carbonyl (C=O) groups is 2. The second-order valence-corrected chi connectivity index (χ2v) is 6.80. The van der Waals surface area contributed by atoms with Crippen LogP contribution in [0, 0.1) is 11.8 Å². The lowest BCUT2D eigenvalue weighted by Gasteiger charge is -2.17. The largest absolute Gasteiger partial charge is 0.481 e. The first kappa shape index (κ1) is 20.2. The fraction of sp³-hybridized carbons (Fsp3) is 0.600. The van der Waals surface area contributed by atoms with Crippen molar-refractivity contribution in [1.29, 1.82) is 0 Å². The van der Waals surface area contributed by atoms with Crippen molar-refractivity contribution >= 4 is 11.9 Å². The molecule has 1 fully saturated rings. The van der Waals surface area contributed by atoms with Crippen LogP contribution < -0.4 is 0 Å². The summed E-state index contributed by atoms with van der Waals surface area (Å²) in [5.41, 5.74) is 2.29. The second-order valence-electron chi connectivity index (χ2n) is 6.80. The number of aliphatic carboxylic acids is 2. The summed E-state index contributed by atoms with van der Waals surface area (Å²) in [5.74, 6) is 0.0358. The van der Waals surface area contributed by atoms with Gasteiger partial charge in [-0.25, -0.2) is 0 Å². The predicted molar refractivity (Wildman–Crippen MR) is 95.8 cm³/mol. The summed E-state index contributed by atoms with van der Waals surface area (Å²) in [4.78, 5) is 20.6. The van der Waals surface area contributed by atoms with E-state index in [1.165, 1.54) is 25.7 Å². The van der Waals surface area contributed by atoms with Gasteiger partial charge in [-0.15, -0.1) is 0 Å². The molecule has 0 aromatic rings. The van der Waals surface area contributed by atoms with Crippen molar-refractivity contribution in [1.82, 2.24) is 0 Å². The molecule has 0 aromatic carbocycles. The van der Waals surface area contributed by atoms with Crippen molar-refractivity contribution in [3.8, 4) is 0 Å². The zero-order valence-electron chi connectivity index (χ0n) is 14.8. The average molecular weight is 334 g/mol. The lowest BCUT2D eigenvalue weighted by molar-refractivity contribution is -0.138. The van der Waals surface area contributed by atoms with E-state index in [0.717, 1.165) is 23.5 Å². The molecular weight excluding hydrogens is 304 g/mol. The molecule has 0 heterocycles. The summed E-state index contributed by atoms with van der Waals surface area (Å²) in [7, 11) is 0. The van der Waals surface area contributed by atoms with Crippen LogP contribution in [0.4, 0.5) is 0 Å². The molecule has 2 aliphatic rings. The molecule has 4 nitrogen and oxygen atoms in total. The van der Waals surface area contributed by atoms with Crippen LogP contribution in [-0.4, -0.2) is 22.2 Å². The van der Waals surface area contributed by atoms with Crippen LogP contribution in [0.5, 0.6) is 0 Å². The maximum Gasteiger partial charge on any atom is 0.303 e. The first-order chi connectivity index (χ1) is 11.4. The zero-order valence-corrected chi connectivity index (χ0v) is 14.8. The van der Waals surface area contributed by atoms with Gasteiger partial charge in [0.15, 0.2) is 0 Å². The molecule has 24 heavy (non-hydrogen) atoms. The zero-order chi connectivity index (χ0) is 17.9. The average Bonchev–Trinajstić information content (AvgIpc) is 3.23. The quantitative estimate of drug-likeness (QED) is 0.689. The van der Waals surface area contributed by atoms with Gasteiger partial charge in [-0.05, 0) is 37.2 Å². The smallest absolute Gasteiger partial charge is 0.303 e. The Morgan fingerprint density at radius 2 is 1.58 bits per heavy atom. The highest BCUT2D eigenvalue weighted by Gasteiger charge is 2.21. The van der Waals surface area contributed by atoms with E-state index in [4.69, 9.17) is 10.2 Å². The Morgan fingerprint density at radius 1 is 1.04 bits per heavy atom. The highest BCUT2D eigenvalue weighted by atomic mass is 16.4. The lowest BCUT2D eigenvalue weighted by atomic mass is 9.89. The maximum atomic E-state index is 10.3. The Morgan fingerprint density at radius 3 is 2.08 bits per heavy atom. The van der Waals surface area contributed by atoms with Gasteiger partial charge < -0.3 is 10.2 Å². The number of rotatable bonds is 7. The molecule has 2 N–H and O–H groups in total. The first-order valence-corrected chi connectivity index (χ1v) is 8.88. The SMILES string of the molecule is CC(CCC(=O)O)=C1C=CC=C1.CC(CCC(=O)O)C1CCCC1. The second kappa shape index (κ2) is 10.8. The van der Waals surface area contributed by atoms with E-state index in [-0.39, 0.29) is 6.42 Å². The molecule has 0 aromatic heterocycles. The summed E-state index contributed by atoms with van der Waals surface area (Å²) < 4.78 is 0. The number of carboxylic acids is 2. The highest BCUT2D eigenvalue weighted by molar-refractivity contribution is 5.67. The molecule has 0 amide bonds. The van der Waals surface area contributed by atoms with Gasteiger partial charge in [-0.3, -0.25) is 9.59 Å². The lowest BCUT2D eigenvalue weighted by Crippen LogP contribution is -2.09. The fourth-order valence-corrected chi connectivity index (χ4v) is 3.21. The van der Waals surface area contributed by atoms with Gasteiger partial charge in [-0.1, -0.05) is 62.5 Å². The fourth-order valence-electron chi connectivity index (χ4n) is 3.21. The molecule has 0 aliphatic heterocycles. The van der Waals surface area contributed by atoms with E-state index < -0.39 is 11.9 Å². The summed E-state index contributed by atoms with van der Waals surface area (Å²) >= 11 is 0. The molecule has 0 spiro atoms.